The monoisotopic (exact) mass is 379 g/mol. The predicted octanol–water partition coefficient (Wildman–Crippen LogP) is 3.07. The molecule has 2 N–H and O–H groups in total. The van der Waals surface area contributed by atoms with Crippen LogP contribution in [0.5, 0.6) is 0 Å². The van der Waals surface area contributed by atoms with Crippen LogP contribution in [-0.4, -0.2) is 42.3 Å². The van der Waals surface area contributed by atoms with E-state index in [9.17, 15) is 14.4 Å². The van der Waals surface area contributed by atoms with Gasteiger partial charge in [-0.25, -0.2) is 0 Å². The molecule has 1 heterocycles. The van der Waals surface area contributed by atoms with E-state index in [2.05, 4.69) is 10.6 Å². The van der Waals surface area contributed by atoms with E-state index in [4.69, 9.17) is 11.6 Å². The quantitative estimate of drug-likeness (QED) is 0.797. The molecule has 1 aromatic rings. The molecule has 6 nitrogen and oxygen atoms in total. The highest BCUT2D eigenvalue weighted by molar-refractivity contribution is 6.34. The molecule has 0 spiro atoms. The number of hydrogen-bond donors (Lipinski definition) is 2. The number of piperidine rings is 1. The lowest BCUT2D eigenvalue weighted by Crippen LogP contribution is -2.43. The minimum Gasteiger partial charge on any atom is -0.352 e. The van der Waals surface area contributed by atoms with Gasteiger partial charge in [-0.2, -0.15) is 0 Å². The van der Waals surface area contributed by atoms with Gasteiger partial charge in [0, 0.05) is 31.7 Å². The van der Waals surface area contributed by atoms with Gasteiger partial charge in [0.1, 0.15) is 0 Å². The standard InChI is InChI=1S/C19H26ClN3O3/c1-3-9-21-19(26)15-8-7-14(11-16(15)20)22-18(25)13-6-5-10-23(12-13)17(24)4-2/h7-8,11,13H,3-6,9-10,12H2,1-2H3,(H,21,26)(H,22,25). The first-order valence-electron chi connectivity index (χ1n) is 9.12. The van der Waals surface area contributed by atoms with Crippen molar-refractivity contribution < 1.29 is 14.4 Å². The number of hydrogen-bond acceptors (Lipinski definition) is 3. The van der Waals surface area contributed by atoms with Gasteiger partial charge in [-0.15, -0.1) is 0 Å². The highest BCUT2D eigenvalue weighted by Gasteiger charge is 2.27. The smallest absolute Gasteiger partial charge is 0.252 e. The zero-order chi connectivity index (χ0) is 19.1. The number of halogens is 1. The van der Waals surface area contributed by atoms with Crippen molar-refractivity contribution in [3.63, 3.8) is 0 Å². The lowest BCUT2D eigenvalue weighted by molar-refractivity contribution is -0.134. The maximum atomic E-state index is 12.5. The molecule has 0 aliphatic carbocycles. The van der Waals surface area contributed by atoms with Crippen molar-refractivity contribution in [2.75, 3.05) is 25.0 Å². The van der Waals surface area contributed by atoms with E-state index in [1.54, 1.807) is 23.1 Å². The predicted molar refractivity (Wildman–Crippen MR) is 102 cm³/mol. The van der Waals surface area contributed by atoms with Crippen LogP contribution in [0.4, 0.5) is 5.69 Å². The number of carbonyl (C=O) groups is 3. The Morgan fingerprint density at radius 1 is 1.27 bits per heavy atom. The van der Waals surface area contributed by atoms with Crippen LogP contribution in [0, 0.1) is 5.92 Å². The molecule has 1 saturated heterocycles. The minimum absolute atomic E-state index is 0.0768. The lowest BCUT2D eigenvalue weighted by Gasteiger charge is -2.31. The lowest BCUT2D eigenvalue weighted by atomic mass is 9.96. The van der Waals surface area contributed by atoms with Crippen LogP contribution in [0.1, 0.15) is 49.9 Å². The van der Waals surface area contributed by atoms with Crippen LogP contribution in [0.2, 0.25) is 5.02 Å². The van der Waals surface area contributed by atoms with Crippen LogP contribution in [-0.2, 0) is 9.59 Å². The topological polar surface area (TPSA) is 78.5 Å². The van der Waals surface area contributed by atoms with Crippen LogP contribution in [0.25, 0.3) is 0 Å². The van der Waals surface area contributed by atoms with Crippen LogP contribution in [0.3, 0.4) is 0 Å². The van der Waals surface area contributed by atoms with Gasteiger partial charge >= 0.3 is 0 Å². The molecule has 142 valence electrons. The summed E-state index contributed by atoms with van der Waals surface area (Å²) in [6, 6.07) is 4.86. The van der Waals surface area contributed by atoms with E-state index in [1.807, 2.05) is 13.8 Å². The van der Waals surface area contributed by atoms with Crippen LogP contribution in [0.15, 0.2) is 18.2 Å². The molecule has 0 bridgehead atoms. The van der Waals surface area contributed by atoms with Gasteiger partial charge < -0.3 is 15.5 Å². The number of nitrogens with zero attached hydrogens (tertiary/aromatic N) is 1. The third kappa shape index (κ3) is 5.21. The third-order valence-corrected chi connectivity index (χ3v) is 4.78. The number of nitrogens with one attached hydrogen (secondary N) is 2. The first-order valence-corrected chi connectivity index (χ1v) is 9.50. The zero-order valence-electron chi connectivity index (χ0n) is 15.3. The molecule has 7 heteroatoms. The first kappa shape index (κ1) is 20.2. The van der Waals surface area contributed by atoms with Gasteiger partial charge in [0.2, 0.25) is 11.8 Å². The number of anilines is 1. The Morgan fingerprint density at radius 2 is 2.04 bits per heavy atom. The van der Waals surface area contributed by atoms with Gasteiger partial charge in [-0.1, -0.05) is 25.4 Å². The minimum atomic E-state index is -0.231. The first-order chi connectivity index (χ1) is 12.5. The molecule has 1 fully saturated rings. The Labute approximate surface area is 159 Å². The normalized spacial score (nSPS) is 16.9. The SMILES string of the molecule is CCCNC(=O)c1ccc(NC(=O)C2CCCN(C(=O)CC)C2)cc1Cl. The Bertz CT molecular complexity index is 678. The van der Waals surface area contributed by atoms with E-state index < -0.39 is 0 Å². The highest BCUT2D eigenvalue weighted by atomic mass is 35.5. The molecule has 2 rings (SSSR count). The summed E-state index contributed by atoms with van der Waals surface area (Å²) in [5.41, 5.74) is 0.932. The van der Waals surface area contributed by atoms with Crippen LogP contribution < -0.4 is 10.6 Å². The summed E-state index contributed by atoms with van der Waals surface area (Å²) in [6.07, 6.45) is 2.87. The van der Waals surface area contributed by atoms with Crippen molar-refractivity contribution in [2.45, 2.75) is 39.5 Å². The number of benzene rings is 1. The van der Waals surface area contributed by atoms with E-state index >= 15 is 0 Å². The van der Waals surface area contributed by atoms with Crippen molar-refractivity contribution in [1.29, 1.82) is 0 Å². The summed E-state index contributed by atoms with van der Waals surface area (Å²) in [5, 5.41) is 5.91. The molecule has 1 aromatic carbocycles. The van der Waals surface area contributed by atoms with Gasteiger partial charge in [0.15, 0.2) is 0 Å². The van der Waals surface area contributed by atoms with Crippen molar-refractivity contribution in [2.24, 2.45) is 5.92 Å². The molecule has 1 unspecified atom stereocenters. The summed E-state index contributed by atoms with van der Waals surface area (Å²) in [5.74, 6) is -0.507. The second-order valence-electron chi connectivity index (χ2n) is 6.47. The molecule has 1 aliphatic rings. The maximum absolute atomic E-state index is 12.5. The van der Waals surface area contributed by atoms with Crippen molar-refractivity contribution >= 4 is 35.0 Å². The largest absolute Gasteiger partial charge is 0.352 e. The fourth-order valence-electron chi connectivity index (χ4n) is 3.00. The second kappa shape index (κ2) is 9.57. The Kier molecular flexibility index (Phi) is 7.45. The number of amides is 3. The van der Waals surface area contributed by atoms with E-state index in [-0.39, 0.29) is 23.6 Å². The molecule has 26 heavy (non-hydrogen) atoms. The van der Waals surface area contributed by atoms with Crippen molar-refractivity contribution in [3.8, 4) is 0 Å². The van der Waals surface area contributed by atoms with E-state index in [1.165, 1.54) is 0 Å². The number of rotatable bonds is 6. The molecule has 0 aromatic heterocycles. The number of carbonyl (C=O) groups excluding carboxylic acids is 3. The highest BCUT2D eigenvalue weighted by Crippen LogP contribution is 2.23. The second-order valence-corrected chi connectivity index (χ2v) is 6.88. The molecule has 0 saturated carbocycles. The summed E-state index contributed by atoms with van der Waals surface area (Å²) < 4.78 is 0. The Hall–Kier alpha value is -2.08. The van der Waals surface area contributed by atoms with Crippen molar-refractivity contribution in [3.05, 3.63) is 28.8 Å². The molecule has 0 radical (unpaired) electrons. The molecular weight excluding hydrogens is 354 g/mol. The van der Waals surface area contributed by atoms with E-state index in [0.717, 1.165) is 19.3 Å². The molecular formula is C19H26ClN3O3. The average Bonchev–Trinajstić information content (AvgIpc) is 2.65. The van der Waals surface area contributed by atoms with Gasteiger partial charge in [-0.05, 0) is 37.5 Å². The molecule has 3 amide bonds. The molecule has 1 aliphatic heterocycles. The van der Waals surface area contributed by atoms with Crippen molar-refractivity contribution in [1.82, 2.24) is 10.2 Å². The maximum Gasteiger partial charge on any atom is 0.252 e. The fraction of sp³-hybridized carbons (Fsp3) is 0.526. The molecule has 1 atom stereocenters. The summed E-state index contributed by atoms with van der Waals surface area (Å²) in [4.78, 5) is 38.1. The van der Waals surface area contributed by atoms with Gasteiger partial charge in [-0.3, -0.25) is 14.4 Å². The van der Waals surface area contributed by atoms with E-state index in [0.29, 0.717) is 42.3 Å². The van der Waals surface area contributed by atoms with Gasteiger partial charge in [0.25, 0.3) is 5.91 Å². The summed E-state index contributed by atoms with van der Waals surface area (Å²) in [7, 11) is 0. The summed E-state index contributed by atoms with van der Waals surface area (Å²) in [6.45, 7) is 5.54. The number of likely N-dealkylation sites (tertiary alicyclic amines) is 1. The third-order valence-electron chi connectivity index (χ3n) is 4.46. The fourth-order valence-corrected chi connectivity index (χ4v) is 3.26. The zero-order valence-corrected chi connectivity index (χ0v) is 16.1. The summed E-state index contributed by atoms with van der Waals surface area (Å²) >= 11 is 6.19. The Balaban J connectivity index is 1.99. The van der Waals surface area contributed by atoms with Gasteiger partial charge in [0.05, 0.1) is 16.5 Å². The average molecular weight is 380 g/mol. The Morgan fingerprint density at radius 3 is 2.69 bits per heavy atom. The van der Waals surface area contributed by atoms with Crippen LogP contribution >= 0.6 is 11.6 Å².